The molecule has 7 rings (SSSR count). The number of thioether (sulfide) groups is 2. The molecule has 0 spiro atoms. The number of amides is 6. The van der Waals surface area contributed by atoms with E-state index in [0.717, 1.165) is 45.8 Å². The summed E-state index contributed by atoms with van der Waals surface area (Å²) in [6, 6.07) is 18.5. The van der Waals surface area contributed by atoms with Crippen LogP contribution < -0.4 is 54.0 Å². The highest BCUT2D eigenvalue weighted by atomic mass is 32.2. The van der Waals surface area contributed by atoms with E-state index in [1.165, 1.54) is 29.6 Å². The zero-order valence-corrected chi connectivity index (χ0v) is 44.7. The number of likely N-dealkylation sites (tertiary alicyclic amines) is 2. The van der Waals surface area contributed by atoms with E-state index in [1.54, 1.807) is 27.9 Å². The van der Waals surface area contributed by atoms with Crippen LogP contribution in [0.1, 0.15) is 99.0 Å². The number of nitrogens with one attached hydrogen (secondary N) is 11. The number of unbranched alkanes of at least 4 members (excludes halogenated alkanes) is 2. The molecule has 24 nitrogen and oxygen atoms in total. The number of amidine groups is 2. The first-order valence-corrected chi connectivity index (χ1v) is 27.4. The van der Waals surface area contributed by atoms with Crippen molar-refractivity contribution in [3.63, 3.8) is 0 Å². The van der Waals surface area contributed by atoms with Crippen LogP contribution in [0.25, 0.3) is 0 Å². The number of rotatable bonds is 26. The summed E-state index contributed by atoms with van der Waals surface area (Å²) in [6.45, 7) is 6.18. The van der Waals surface area contributed by atoms with E-state index in [9.17, 15) is 28.8 Å². The maximum Gasteiger partial charge on any atom is 0.271 e. The third-order valence-electron chi connectivity index (χ3n) is 13.5. The summed E-state index contributed by atoms with van der Waals surface area (Å²) in [5, 5.41) is 38.3. The number of benzene rings is 2. The fraction of sp³-hybridized carbons (Fsp3) is 0.531. The minimum atomic E-state index is -0.760. The number of likely N-dealkylation sites (N-methyl/N-ethyl adjacent to an activating group) is 2. The van der Waals surface area contributed by atoms with Gasteiger partial charge in [-0.3, -0.25) is 43.9 Å². The number of carbonyl (C=O) groups excluding carboxylic acids is 6. The molecular formula is C49H72N18O6S2. The summed E-state index contributed by atoms with van der Waals surface area (Å²) in [5.74, 6) is -1.76. The number of aromatic nitrogens is 2. The van der Waals surface area contributed by atoms with Crippen LogP contribution in [-0.2, 0) is 19.2 Å². The minimum Gasteiger partial charge on any atom is -0.351 e. The molecule has 2 fully saturated rings. The summed E-state index contributed by atoms with van der Waals surface area (Å²) >= 11 is 3.02. The maximum atomic E-state index is 14.2. The van der Waals surface area contributed by atoms with Gasteiger partial charge in [0.05, 0.1) is 37.3 Å². The van der Waals surface area contributed by atoms with E-state index in [0.29, 0.717) is 64.7 Å². The highest BCUT2D eigenvalue weighted by molar-refractivity contribution is 8.14. The Morgan fingerprint density at radius 2 is 1.09 bits per heavy atom. The predicted octanol–water partition coefficient (Wildman–Crippen LogP) is 1.15. The molecule has 11 N–H and O–H groups in total. The van der Waals surface area contributed by atoms with Crippen molar-refractivity contribution in [2.75, 3.05) is 53.4 Å². The number of hydrogen-bond donors (Lipinski definition) is 11. The Labute approximate surface area is 446 Å². The summed E-state index contributed by atoms with van der Waals surface area (Å²) in [5.41, 5.74) is 12.0. The van der Waals surface area contributed by atoms with Gasteiger partial charge in [0.1, 0.15) is 17.8 Å². The zero-order chi connectivity index (χ0) is 53.1. The molecular weight excluding hydrogens is 1000 g/mol. The van der Waals surface area contributed by atoms with E-state index in [4.69, 9.17) is 0 Å². The Bertz CT molecular complexity index is 2290. The largest absolute Gasteiger partial charge is 0.351 e. The average Bonchev–Trinajstić information content (AvgIpc) is 4.31. The van der Waals surface area contributed by atoms with E-state index < -0.39 is 36.0 Å². The molecule has 4 aliphatic heterocycles. The van der Waals surface area contributed by atoms with E-state index in [1.807, 2.05) is 80.5 Å². The Balaban J connectivity index is 0.838. The smallest absolute Gasteiger partial charge is 0.271 e. The van der Waals surface area contributed by atoms with Crippen molar-refractivity contribution in [3.05, 3.63) is 78.1 Å². The first-order valence-electron chi connectivity index (χ1n) is 25.8. The summed E-state index contributed by atoms with van der Waals surface area (Å²) in [7, 11) is 3.38. The van der Waals surface area contributed by atoms with E-state index in [2.05, 4.69) is 74.4 Å². The molecule has 6 atom stereocenters. The van der Waals surface area contributed by atoms with Crippen molar-refractivity contribution < 1.29 is 28.8 Å². The average molecular weight is 1070 g/mol. The van der Waals surface area contributed by atoms with Gasteiger partial charge in [-0.25, -0.2) is 11.1 Å². The predicted molar refractivity (Wildman–Crippen MR) is 287 cm³/mol. The summed E-state index contributed by atoms with van der Waals surface area (Å²) in [6.07, 6.45) is 6.14. The van der Waals surface area contributed by atoms with Crippen molar-refractivity contribution >= 4 is 69.3 Å². The lowest BCUT2D eigenvalue weighted by atomic mass is 10.1. The van der Waals surface area contributed by atoms with Crippen molar-refractivity contribution in [2.24, 2.45) is 10.2 Å². The lowest BCUT2D eigenvalue weighted by Gasteiger charge is -2.32. The van der Waals surface area contributed by atoms with Crippen molar-refractivity contribution in [1.82, 2.24) is 84.1 Å². The van der Waals surface area contributed by atoms with Crippen molar-refractivity contribution in [2.45, 2.75) is 124 Å². The van der Waals surface area contributed by atoms with Gasteiger partial charge in [0, 0.05) is 42.0 Å². The zero-order valence-electron chi connectivity index (χ0n) is 43.0. The fourth-order valence-corrected chi connectivity index (χ4v) is 10.6. The first kappa shape index (κ1) is 56.3. The Kier molecular flexibility index (Phi) is 21.3. The number of carbonyl (C=O) groups is 6. The van der Waals surface area contributed by atoms with E-state index in [-0.39, 0.29) is 60.2 Å². The van der Waals surface area contributed by atoms with Crippen molar-refractivity contribution in [3.8, 4) is 0 Å². The summed E-state index contributed by atoms with van der Waals surface area (Å²) < 4.78 is 0. The molecule has 6 amide bonds. The molecule has 2 aromatic carbocycles. The van der Waals surface area contributed by atoms with Crippen LogP contribution in [0.2, 0.25) is 0 Å². The summed E-state index contributed by atoms with van der Waals surface area (Å²) in [4.78, 5) is 86.5. The van der Waals surface area contributed by atoms with Crippen LogP contribution in [0.5, 0.6) is 0 Å². The number of hydrazone groups is 2. The molecule has 406 valence electrons. The van der Waals surface area contributed by atoms with Gasteiger partial charge in [0.2, 0.25) is 34.0 Å². The second-order valence-corrected chi connectivity index (χ2v) is 20.8. The van der Waals surface area contributed by atoms with Gasteiger partial charge in [-0.1, -0.05) is 36.4 Å². The van der Waals surface area contributed by atoms with Crippen LogP contribution >= 0.6 is 23.5 Å². The van der Waals surface area contributed by atoms with Crippen LogP contribution in [0.15, 0.2) is 86.7 Å². The molecule has 0 saturated carbocycles. The van der Waals surface area contributed by atoms with Gasteiger partial charge in [0.25, 0.3) is 11.8 Å². The standard InChI is InChI=1S/C49H72N18O6S2/c1-32(50-3)42(68)54-38(46(72)64-27-15-17-34(64)30-66-48(58-60-62-66)74-36-19-7-5-8-20-36)23-11-13-25-52-44(70)40-29-41(57-56-40)45(71)53-26-14-12-24-39(55-43(69)33(2)51-4)47(73)65-28-16-18-35(65)31-67-49(59-61-63-67)75-37-21-9-6-10-22-37/h5-10,19-22,29,32-35,38-39,50-51,60-63H,11-18,23-28,30-31H2,1-4H3,(H,52,70)(H,53,71)(H,54,68)(H,55,69)(H,56,57)/t32-,33-,34-,35-,38-,39-/m0/s1. The van der Waals surface area contributed by atoms with Crippen LogP contribution in [0.4, 0.5) is 0 Å². The monoisotopic (exact) mass is 1070 g/mol. The minimum absolute atomic E-state index is 0.0444. The molecule has 0 unspecified atom stereocenters. The number of nitrogens with zero attached hydrogens (tertiary/aromatic N) is 7. The van der Waals surface area contributed by atoms with E-state index >= 15 is 0 Å². The van der Waals surface area contributed by atoms with Crippen LogP contribution in [0.3, 0.4) is 0 Å². The molecule has 2 saturated heterocycles. The highest BCUT2D eigenvalue weighted by Gasteiger charge is 2.38. The van der Waals surface area contributed by atoms with Crippen LogP contribution in [0, 0.1) is 0 Å². The maximum absolute atomic E-state index is 14.2. The second-order valence-electron chi connectivity index (χ2n) is 18.8. The molecule has 3 aromatic rings. The number of aromatic amines is 1. The normalized spacial score (nSPS) is 18.8. The van der Waals surface area contributed by atoms with Crippen LogP contribution in [-0.4, -0.2) is 165 Å². The van der Waals surface area contributed by atoms with Gasteiger partial charge in [-0.15, -0.1) is 21.3 Å². The quantitative estimate of drug-likeness (QED) is 0.0503. The Hall–Kier alpha value is -6.45. The topological polar surface area (TPSA) is 289 Å². The van der Waals surface area contributed by atoms with Gasteiger partial charge in [0.15, 0.2) is 5.69 Å². The van der Waals surface area contributed by atoms with Gasteiger partial charge in [-0.05, 0) is 140 Å². The second kappa shape index (κ2) is 28.4. The third kappa shape index (κ3) is 16.0. The highest BCUT2D eigenvalue weighted by Crippen LogP contribution is 2.27. The Morgan fingerprint density at radius 3 is 1.55 bits per heavy atom. The molecule has 5 heterocycles. The number of H-pyrrole nitrogens is 1. The van der Waals surface area contributed by atoms with Gasteiger partial charge >= 0.3 is 0 Å². The molecule has 0 bridgehead atoms. The number of hydrogen-bond acceptors (Lipinski definition) is 19. The molecule has 1 aromatic heterocycles. The van der Waals surface area contributed by atoms with Crippen molar-refractivity contribution in [1.29, 1.82) is 0 Å². The molecule has 4 aliphatic rings. The molecule has 0 aliphatic carbocycles. The van der Waals surface area contributed by atoms with Gasteiger partial charge in [-0.2, -0.15) is 5.10 Å². The lowest BCUT2D eigenvalue weighted by Crippen LogP contribution is -2.55. The third-order valence-corrected chi connectivity index (χ3v) is 15.5. The Morgan fingerprint density at radius 1 is 0.640 bits per heavy atom. The van der Waals surface area contributed by atoms with Gasteiger partial charge < -0.3 is 41.7 Å². The molecule has 75 heavy (non-hydrogen) atoms. The molecule has 26 heteroatoms. The molecule has 0 radical (unpaired) electrons. The SMILES string of the molecule is CN[C@@H](C)C(=O)N[C@@H](CCCCNC(=O)c1cc(C(=O)NCCCC[C@H](NC(=O)[C@H](C)NC)C(=O)N2CCC[C@H]2CN2NNN=C2Sc2ccccc2)[nH]n1)C(=O)N1CCC[C@H]1CN1NNN=C1Sc1ccccc1. The first-order chi connectivity index (χ1) is 36.4. The number of hydrazine groups is 4. The lowest BCUT2D eigenvalue weighted by molar-refractivity contribution is -0.138. The fourth-order valence-electron chi connectivity index (χ4n) is 8.99.